The number of amides is 1. The minimum atomic E-state index is -0.858. The number of aliphatic carboxylic acids is 1. The molecule has 5 heteroatoms. The summed E-state index contributed by atoms with van der Waals surface area (Å²) in [6.45, 7) is 2.08. The van der Waals surface area contributed by atoms with Crippen molar-refractivity contribution in [3.8, 4) is 0 Å². The van der Waals surface area contributed by atoms with E-state index in [1.54, 1.807) is 16.7 Å². The van der Waals surface area contributed by atoms with E-state index in [0.717, 1.165) is 25.7 Å². The van der Waals surface area contributed by atoms with Gasteiger partial charge >= 0.3 is 5.97 Å². The summed E-state index contributed by atoms with van der Waals surface area (Å²) in [4.78, 5) is 26.0. The van der Waals surface area contributed by atoms with Crippen molar-refractivity contribution in [2.75, 3.05) is 5.75 Å². The zero-order valence-electron chi connectivity index (χ0n) is 11.7. The lowest BCUT2D eigenvalue weighted by Crippen LogP contribution is -2.48. The average molecular weight is 295 g/mol. The molecule has 1 N–H and O–H groups in total. The van der Waals surface area contributed by atoms with Crippen LogP contribution in [0.4, 0.5) is 0 Å². The lowest BCUT2D eigenvalue weighted by molar-refractivity contribution is -0.151. The van der Waals surface area contributed by atoms with Crippen LogP contribution < -0.4 is 0 Å². The SMILES string of the molecule is CCCC1SCC(C(=O)O)N1C(=O)C1CC2C=CC1C2. The van der Waals surface area contributed by atoms with Crippen LogP contribution in [0.3, 0.4) is 0 Å². The Morgan fingerprint density at radius 3 is 2.70 bits per heavy atom. The van der Waals surface area contributed by atoms with Crippen LogP contribution in [0.15, 0.2) is 12.2 Å². The highest BCUT2D eigenvalue weighted by Crippen LogP contribution is 2.46. The maximum absolute atomic E-state index is 12.9. The summed E-state index contributed by atoms with van der Waals surface area (Å²) < 4.78 is 0. The monoisotopic (exact) mass is 295 g/mol. The van der Waals surface area contributed by atoms with E-state index in [1.165, 1.54) is 0 Å². The first-order valence-corrected chi connectivity index (χ1v) is 8.51. The lowest BCUT2D eigenvalue weighted by atomic mass is 9.91. The number of allylic oxidation sites excluding steroid dienone is 2. The number of hydrogen-bond donors (Lipinski definition) is 1. The first-order valence-electron chi connectivity index (χ1n) is 7.46. The zero-order valence-corrected chi connectivity index (χ0v) is 12.5. The summed E-state index contributed by atoms with van der Waals surface area (Å²) in [6.07, 6.45) is 8.22. The van der Waals surface area contributed by atoms with Gasteiger partial charge in [-0.25, -0.2) is 4.79 Å². The van der Waals surface area contributed by atoms with E-state index in [9.17, 15) is 14.7 Å². The Bertz CT molecular complexity index is 450. The second kappa shape index (κ2) is 5.43. The van der Waals surface area contributed by atoms with Gasteiger partial charge in [0.25, 0.3) is 0 Å². The van der Waals surface area contributed by atoms with Crippen molar-refractivity contribution in [2.45, 2.75) is 44.0 Å². The first kappa shape index (κ1) is 14.0. The number of carbonyl (C=O) groups is 2. The molecule has 0 aromatic rings. The molecule has 3 aliphatic rings. The van der Waals surface area contributed by atoms with Gasteiger partial charge in [-0.3, -0.25) is 4.79 Å². The van der Waals surface area contributed by atoms with Crippen LogP contribution in [0.1, 0.15) is 32.6 Å². The molecule has 2 aliphatic carbocycles. The molecule has 3 rings (SSSR count). The fourth-order valence-electron chi connectivity index (χ4n) is 3.77. The van der Waals surface area contributed by atoms with Crippen LogP contribution in [0.2, 0.25) is 0 Å². The number of fused-ring (bicyclic) bond motifs is 2. The highest BCUT2D eigenvalue weighted by atomic mass is 32.2. The van der Waals surface area contributed by atoms with Gasteiger partial charge in [0, 0.05) is 11.7 Å². The summed E-state index contributed by atoms with van der Waals surface area (Å²) in [6, 6.07) is -0.632. The Kier molecular flexibility index (Phi) is 3.80. The Hall–Kier alpha value is -0.970. The molecule has 5 unspecified atom stereocenters. The average Bonchev–Trinajstić information content (AvgIpc) is 3.12. The quantitative estimate of drug-likeness (QED) is 0.809. The summed E-state index contributed by atoms with van der Waals surface area (Å²) in [5, 5.41) is 9.42. The maximum Gasteiger partial charge on any atom is 0.327 e. The molecule has 2 fully saturated rings. The molecule has 4 nitrogen and oxygen atoms in total. The molecule has 1 aliphatic heterocycles. The summed E-state index contributed by atoms with van der Waals surface area (Å²) in [5.41, 5.74) is 0. The molecule has 1 saturated heterocycles. The molecule has 0 aromatic heterocycles. The maximum atomic E-state index is 12.9. The molecule has 2 bridgehead atoms. The van der Waals surface area contributed by atoms with E-state index in [0.29, 0.717) is 17.6 Å². The van der Waals surface area contributed by atoms with E-state index >= 15 is 0 Å². The number of thioether (sulfide) groups is 1. The van der Waals surface area contributed by atoms with Crippen LogP contribution in [-0.2, 0) is 9.59 Å². The van der Waals surface area contributed by atoms with Gasteiger partial charge in [-0.15, -0.1) is 11.8 Å². The van der Waals surface area contributed by atoms with Gasteiger partial charge in [0.05, 0.1) is 5.37 Å². The fraction of sp³-hybridized carbons (Fsp3) is 0.733. The Labute approximate surface area is 123 Å². The van der Waals surface area contributed by atoms with Gasteiger partial charge in [0.15, 0.2) is 0 Å². The molecule has 0 radical (unpaired) electrons. The lowest BCUT2D eigenvalue weighted by Gasteiger charge is -2.31. The van der Waals surface area contributed by atoms with Crippen molar-refractivity contribution in [2.24, 2.45) is 17.8 Å². The van der Waals surface area contributed by atoms with Crippen molar-refractivity contribution < 1.29 is 14.7 Å². The minimum Gasteiger partial charge on any atom is -0.480 e. The van der Waals surface area contributed by atoms with Crippen molar-refractivity contribution >= 4 is 23.6 Å². The van der Waals surface area contributed by atoms with Crippen molar-refractivity contribution in [1.82, 2.24) is 4.90 Å². The molecular formula is C15H21NO3S. The molecule has 0 aromatic carbocycles. The van der Waals surface area contributed by atoms with E-state index in [1.807, 2.05) is 0 Å². The normalized spacial score (nSPS) is 38.6. The van der Waals surface area contributed by atoms with Crippen molar-refractivity contribution in [3.63, 3.8) is 0 Å². The van der Waals surface area contributed by atoms with Crippen LogP contribution in [-0.4, -0.2) is 39.1 Å². The highest BCUT2D eigenvalue weighted by molar-refractivity contribution is 8.00. The largest absolute Gasteiger partial charge is 0.480 e. The predicted octanol–water partition coefficient (Wildman–Crippen LogP) is 2.35. The summed E-state index contributed by atoms with van der Waals surface area (Å²) >= 11 is 1.62. The van der Waals surface area contributed by atoms with E-state index in [4.69, 9.17) is 0 Å². The molecule has 110 valence electrons. The smallest absolute Gasteiger partial charge is 0.327 e. The van der Waals surface area contributed by atoms with E-state index < -0.39 is 12.0 Å². The topological polar surface area (TPSA) is 57.6 Å². The van der Waals surface area contributed by atoms with Crippen LogP contribution in [0.5, 0.6) is 0 Å². The second-order valence-corrected chi connectivity index (χ2v) is 7.27. The van der Waals surface area contributed by atoms with E-state index in [-0.39, 0.29) is 17.2 Å². The number of hydrogen-bond acceptors (Lipinski definition) is 3. The number of rotatable bonds is 4. The summed E-state index contributed by atoms with van der Waals surface area (Å²) in [5.74, 6) is 0.653. The van der Waals surface area contributed by atoms with Crippen LogP contribution in [0.25, 0.3) is 0 Å². The van der Waals surface area contributed by atoms with Gasteiger partial charge in [-0.05, 0) is 31.1 Å². The summed E-state index contributed by atoms with van der Waals surface area (Å²) in [7, 11) is 0. The predicted molar refractivity (Wildman–Crippen MR) is 78.3 cm³/mol. The number of nitrogens with zero attached hydrogens (tertiary/aromatic N) is 1. The van der Waals surface area contributed by atoms with Gasteiger partial charge in [-0.2, -0.15) is 0 Å². The van der Waals surface area contributed by atoms with Gasteiger partial charge in [0.2, 0.25) is 5.91 Å². The fourth-order valence-corrected chi connectivity index (χ4v) is 5.30. The molecule has 1 saturated carbocycles. The third kappa shape index (κ3) is 2.26. The van der Waals surface area contributed by atoms with Gasteiger partial charge in [-0.1, -0.05) is 25.5 Å². The standard InChI is InChI=1S/C15H21NO3S/c1-2-3-13-16(12(8-20-13)15(18)19)14(17)11-7-9-4-5-10(11)6-9/h4-5,9-13H,2-3,6-8H2,1H3,(H,18,19). The Morgan fingerprint density at radius 2 is 2.15 bits per heavy atom. The first-order chi connectivity index (χ1) is 9.61. The number of carboxylic acids is 1. The van der Waals surface area contributed by atoms with E-state index in [2.05, 4.69) is 19.1 Å². The highest BCUT2D eigenvalue weighted by Gasteiger charge is 2.48. The zero-order chi connectivity index (χ0) is 14.3. The molecule has 5 atom stereocenters. The molecule has 0 spiro atoms. The third-order valence-corrected chi connectivity index (χ3v) is 6.12. The molecule has 1 heterocycles. The Balaban J connectivity index is 1.78. The molecule has 1 amide bonds. The van der Waals surface area contributed by atoms with Crippen molar-refractivity contribution in [1.29, 1.82) is 0 Å². The van der Waals surface area contributed by atoms with Gasteiger partial charge < -0.3 is 10.0 Å². The molecule has 20 heavy (non-hydrogen) atoms. The van der Waals surface area contributed by atoms with Crippen LogP contribution >= 0.6 is 11.8 Å². The second-order valence-electron chi connectivity index (χ2n) is 6.06. The minimum absolute atomic E-state index is 0.0184. The Morgan fingerprint density at radius 1 is 1.35 bits per heavy atom. The van der Waals surface area contributed by atoms with Crippen LogP contribution in [0, 0.1) is 17.8 Å². The molecular weight excluding hydrogens is 274 g/mol. The number of carboxylic acid groups (broad SMARTS) is 1. The number of carbonyl (C=O) groups excluding carboxylic acids is 1. The third-order valence-electron chi connectivity index (χ3n) is 4.76. The van der Waals surface area contributed by atoms with Crippen molar-refractivity contribution in [3.05, 3.63) is 12.2 Å². The van der Waals surface area contributed by atoms with Gasteiger partial charge in [0.1, 0.15) is 6.04 Å².